The van der Waals surface area contributed by atoms with Crippen molar-refractivity contribution in [3.63, 3.8) is 0 Å². The van der Waals surface area contributed by atoms with E-state index in [0.29, 0.717) is 12.8 Å². The molecule has 148 valence electrons. The Bertz CT molecular complexity index is 773. The topological polar surface area (TPSA) is 66.5 Å². The molecule has 3 aliphatic rings. The first kappa shape index (κ1) is 18.8. The number of imide groups is 1. The van der Waals surface area contributed by atoms with E-state index in [-0.39, 0.29) is 53.9 Å². The number of carbonyl (C=O) groups excluding carboxylic acids is 3. The van der Waals surface area contributed by atoms with Crippen molar-refractivity contribution in [3.05, 3.63) is 47.8 Å². The van der Waals surface area contributed by atoms with Gasteiger partial charge in [-0.15, -0.1) is 0 Å². The number of rotatable bonds is 5. The number of hydrogen-bond donors (Lipinski definition) is 1. The van der Waals surface area contributed by atoms with Crippen molar-refractivity contribution in [1.29, 1.82) is 0 Å². The van der Waals surface area contributed by atoms with Crippen LogP contribution in [0.1, 0.15) is 50.1 Å². The van der Waals surface area contributed by atoms with Crippen LogP contribution in [0.4, 0.5) is 4.39 Å². The summed E-state index contributed by atoms with van der Waals surface area (Å²) in [7, 11) is 0. The number of carbonyl (C=O) groups is 3. The molecule has 1 aliphatic heterocycles. The molecule has 3 atom stereocenters. The molecule has 2 aliphatic carbocycles. The molecule has 0 radical (unpaired) electrons. The van der Waals surface area contributed by atoms with Crippen LogP contribution in [0.15, 0.2) is 36.4 Å². The maximum absolute atomic E-state index is 13.3. The number of hydrogen-bond acceptors (Lipinski definition) is 3. The van der Waals surface area contributed by atoms with Crippen molar-refractivity contribution >= 4 is 17.7 Å². The quantitative estimate of drug-likeness (QED) is 0.627. The molecule has 1 N–H and O–H groups in total. The molecule has 1 aromatic carbocycles. The second-order valence-corrected chi connectivity index (χ2v) is 8.06. The van der Waals surface area contributed by atoms with Gasteiger partial charge < -0.3 is 5.32 Å². The molecule has 1 saturated carbocycles. The van der Waals surface area contributed by atoms with E-state index in [4.69, 9.17) is 0 Å². The SMILES string of the molecule is O=C(CN1C(=O)[C@H]2CC=CC[C@H]2C1=O)N[C@@H](c1ccc(F)cc1)C1CCCC1. The van der Waals surface area contributed by atoms with Crippen LogP contribution in [0.2, 0.25) is 0 Å². The largest absolute Gasteiger partial charge is 0.347 e. The first-order chi connectivity index (χ1) is 13.5. The lowest BCUT2D eigenvalue weighted by molar-refractivity contribution is -0.143. The minimum atomic E-state index is -0.338. The molecular weight excluding hydrogens is 359 g/mol. The molecule has 1 heterocycles. The summed E-state index contributed by atoms with van der Waals surface area (Å²) in [6.45, 7) is -0.241. The van der Waals surface area contributed by atoms with Crippen LogP contribution < -0.4 is 5.32 Å². The number of likely N-dealkylation sites (tertiary alicyclic amines) is 1. The van der Waals surface area contributed by atoms with Gasteiger partial charge >= 0.3 is 0 Å². The van der Waals surface area contributed by atoms with Gasteiger partial charge in [-0.1, -0.05) is 37.1 Å². The molecule has 6 heteroatoms. The van der Waals surface area contributed by atoms with Gasteiger partial charge in [-0.25, -0.2) is 4.39 Å². The van der Waals surface area contributed by atoms with E-state index in [1.165, 1.54) is 12.1 Å². The molecule has 0 unspecified atom stereocenters. The van der Waals surface area contributed by atoms with Gasteiger partial charge in [-0.2, -0.15) is 0 Å². The molecule has 4 rings (SSSR count). The standard InChI is InChI=1S/C22H25FN2O3/c23-16-11-9-15(10-12-16)20(14-5-1-2-6-14)24-19(26)13-25-21(27)17-7-3-4-8-18(17)22(25)28/h3-4,9-12,14,17-18,20H,1-2,5-8,13H2,(H,24,26)/t17-,18+,20-/m1/s1. The Hall–Kier alpha value is -2.50. The second-order valence-electron chi connectivity index (χ2n) is 8.06. The molecule has 0 spiro atoms. The highest BCUT2D eigenvalue weighted by Crippen LogP contribution is 2.37. The highest BCUT2D eigenvalue weighted by atomic mass is 19.1. The number of allylic oxidation sites excluding steroid dienone is 2. The predicted molar refractivity (Wildman–Crippen MR) is 101 cm³/mol. The molecule has 0 bridgehead atoms. The lowest BCUT2D eigenvalue weighted by atomic mass is 9.85. The molecular formula is C22H25FN2O3. The van der Waals surface area contributed by atoms with Crippen molar-refractivity contribution in [2.45, 2.75) is 44.6 Å². The Kier molecular flexibility index (Phi) is 5.29. The van der Waals surface area contributed by atoms with Crippen LogP contribution in [-0.4, -0.2) is 29.2 Å². The van der Waals surface area contributed by atoms with Gasteiger partial charge in [0.25, 0.3) is 0 Å². The summed E-state index contributed by atoms with van der Waals surface area (Å²) in [5.74, 6) is -1.51. The molecule has 0 aromatic heterocycles. The van der Waals surface area contributed by atoms with E-state index in [1.807, 2.05) is 12.2 Å². The van der Waals surface area contributed by atoms with Crippen LogP contribution in [-0.2, 0) is 14.4 Å². The maximum atomic E-state index is 13.3. The third-order valence-corrected chi connectivity index (χ3v) is 6.32. The number of amides is 3. The van der Waals surface area contributed by atoms with Crippen LogP contribution in [0.5, 0.6) is 0 Å². The third-order valence-electron chi connectivity index (χ3n) is 6.32. The van der Waals surface area contributed by atoms with Gasteiger partial charge in [0.15, 0.2) is 0 Å². The van der Waals surface area contributed by atoms with Gasteiger partial charge in [0, 0.05) is 0 Å². The lowest BCUT2D eigenvalue weighted by Crippen LogP contribution is -2.43. The fraction of sp³-hybridized carbons (Fsp3) is 0.500. The Morgan fingerprint density at radius 2 is 1.61 bits per heavy atom. The van der Waals surface area contributed by atoms with Gasteiger partial charge in [0.2, 0.25) is 17.7 Å². The van der Waals surface area contributed by atoms with Gasteiger partial charge in [-0.05, 0) is 49.3 Å². The average molecular weight is 384 g/mol. The average Bonchev–Trinajstić information content (AvgIpc) is 3.31. The number of benzene rings is 1. The van der Waals surface area contributed by atoms with Crippen molar-refractivity contribution in [2.75, 3.05) is 6.54 Å². The van der Waals surface area contributed by atoms with Crippen molar-refractivity contribution in [1.82, 2.24) is 10.2 Å². The molecule has 1 aromatic rings. The van der Waals surface area contributed by atoms with E-state index in [2.05, 4.69) is 5.32 Å². The highest BCUT2D eigenvalue weighted by molar-refractivity contribution is 6.07. The summed E-state index contributed by atoms with van der Waals surface area (Å²) in [4.78, 5) is 39.0. The Balaban J connectivity index is 1.46. The lowest BCUT2D eigenvalue weighted by Gasteiger charge is -2.26. The summed E-state index contributed by atoms with van der Waals surface area (Å²) in [6, 6.07) is 5.96. The summed E-state index contributed by atoms with van der Waals surface area (Å²) >= 11 is 0. The normalized spacial score (nSPS) is 25.8. The Morgan fingerprint density at radius 1 is 1.04 bits per heavy atom. The van der Waals surface area contributed by atoms with E-state index < -0.39 is 0 Å². The molecule has 5 nitrogen and oxygen atoms in total. The minimum absolute atomic E-state index is 0.229. The van der Waals surface area contributed by atoms with Crippen molar-refractivity contribution in [3.8, 4) is 0 Å². The summed E-state index contributed by atoms with van der Waals surface area (Å²) in [5.41, 5.74) is 0.860. The maximum Gasteiger partial charge on any atom is 0.240 e. The van der Waals surface area contributed by atoms with E-state index in [1.54, 1.807) is 12.1 Å². The summed E-state index contributed by atoms with van der Waals surface area (Å²) in [6.07, 6.45) is 9.21. The zero-order valence-electron chi connectivity index (χ0n) is 15.8. The first-order valence-electron chi connectivity index (χ1n) is 10.1. The third kappa shape index (κ3) is 3.60. The summed E-state index contributed by atoms with van der Waals surface area (Å²) in [5, 5.41) is 3.02. The number of halogens is 1. The number of nitrogens with zero attached hydrogens (tertiary/aromatic N) is 1. The van der Waals surface area contributed by atoms with Gasteiger partial charge in [-0.3, -0.25) is 19.3 Å². The Labute approximate surface area is 164 Å². The fourth-order valence-electron chi connectivity index (χ4n) is 4.82. The van der Waals surface area contributed by atoms with Crippen molar-refractivity contribution < 1.29 is 18.8 Å². The molecule has 1 saturated heterocycles. The monoisotopic (exact) mass is 384 g/mol. The number of nitrogens with one attached hydrogen (secondary N) is 1. The second kappa shape index (κ2) is 7.86. The highest BCUT2D eigenvalue weighted by Gasteiger charge is 2.47. The summed E-state index contributed by atoms with van der Waals surface area (Å²) < 4.78 is 13.3. The first-order valence-corrected chi connectivity index (χ1v) is 10.1. The van der Waals surface area contributed by atoms with Gasteiger partial charge in [0.05, 0.1) is 17.9 Å². The van der Waals surface area contributed by atoms with Crippen molar-refractivity contribution in [2.24, 2.45) is 17.8 Å². The van der Waals surface area contributed by atoms with E-state index in [0.717, 1.165) is 36.1 Å². The van der Waals surface area contributed by atoms with Crippen LogP contribution in [0.25, 0.3) is 0 Å². The number of fused-ring (bicyclic) bond motifs is 1. The van der Waals surface area contributed by atoms with Crippen LogP contribution in [0.3, 0.4) is 0 Å². The zero-order chi connectivity index (χ0) is 19.7. The van der Waals surface area contributed by atoms with E-state index >= 15 is 0 Å². The molecule has 3 amide bonds. The fourth-order valence-corrected chi connectivity index (χ4v) is 4.82. The predicted octanol–water partition coefficient (Wildman–Crippen LogP) is 3.12. The van der Waals surface area contributed by atoms with E-state index in [9.17, 15) is 18.8 Å². The molecule has 28 heavy (non-hydrogen) atoms. The Morgan fingerprint density at radius 3 is 2.18 bits per heavy atom. The van der Waals surface area contributed by atoms with Gasteiger partial charge in [0.1, 0.15) is 12.4 Å². The molecule has 2 fully saturated rings. The zero-order valence-corrected chi connectivity index (χ0v) is 15.8. The smallest absolute Gasteiger partial charge is 0.240 e. The van der Waals surface area contributed by atoms with Crippen LogP contribution in [0, 0.1) is 23.6 Å². The van der Waals surface area contributed by atoms with Crippen LogP contribution >= 0.6 is 0 Å². The minimum Gasteiger partial charge on any atom is -0.347 e.